The molecule has 1 aliphatic carbocycles. The van der Waals surface area contributed by atoms with Gasteiger partial charge in [0.2, 0.25) is 5.91 Å². The van der Waals surface area contributed by atoms with E-state index in [-0.39, 0.29) is 18.3 Å². The Hall–Kier alpha value is -1.06. The van der Waals surface area contributed by atoms with Crippen molar-refractivity contribution in [2.45, 2.75) is 45.4 Å². The molecule has 3 nitrogen and oxygen atoms in total. The average Bonchev–Trinajstić information content (AvgIpc) is 2.95. The molecule has 4 heteroatoms. The van der Waals surface area contributed by atoms with Crippen LogP contribution in [0.1, 0.15) is 43.7 Å². The Labute approximate surface area is 139 Å². The van der Waals surface area contributed by atoms with Crippen LogP contribution < -0.4 is 10.6 Å². The molecule has 22 heavy (non-hydrogen) atoms. The molecule has 1 aromatic carbocycles. The summed E-state index contributed by atoms with van der Waals surface area (Å²) in [5.74, 6) is 1.25. The topological polar surface area (TPSA) is 41.1 Å². The maximum Gasteiger partial charge on any atom is 0.224 e. The van der Waals surface area contributed by atoms with Gasteiger partial charge in [-0.15, -0.1) is 12.4 Å². The number of hydrogen-bond acceptors (Lipinski definition) is 2. The molecule has 2 aliphatic rings. The van der Waals surface area contributed by atoms with Crippen LogP contribution in [0.2, 0.25) is 0 Å². The summed E-state index contributed by atoms with van der Waals surface area (Å²) in [5.41, 5.74) is 3.83. The lowest BCUT2D eigenvalue weighted by Crippen LogP contribution is -2.34. The molecule has 0 bridgehead atoms. The quantitative estimate of drug-likeness (QED) is 0.890. The SMILES string of the molecule is CC(CC(=O)Nc1ccc2c(c1)CCC2)C1CCCNC1.Cl. The fourth-order valence-electron chi connectivity index (χ4n) is 3.69. The third-order valence-corrected chi connectivity index (χ3v) is 5.03. The standard InChI is InChI=1S/C18H26N2O.ClH/c1-13(16-6-3-9-19-12-16)10-18(21)20-17-8-7-14-4-2-5-15(14)11-17;/h7-8,11,13,16,19H,2-6,9-10,12H2,1H3,(H,20,21);1H. The van der Waals surface area contributed by atoms with Crippen LogP contribution in [-0.2, 0) is 17.6 Å². The summed E-state index contributed by atoms with van der Waals surface area (Å²) in [5, 5.41) is 6.52. The molecule has 0 spiro atoms. The van der Waals surface area contributed by atoms with Crippen molar-refractivity contribution < 1.29 is 4.79 Å². The predicted molar refractivity (Wildman–Crippen MR) is 93.7 cm³/mol. The number of aryl methyl sites for hydroxylation is 2. The summed E-state index contributed by atoms with van der Waals surface area (Å²) in [7, 11) is 0. The van der Waals surface area contributed by atoms with Gasteiger partial charge in [-0.1, -0.05) is 13.0 Å². The van der Waals surface area contributed by atoms with E-state index in [1.165, 1.54) is 36.8 Å². The van der Waals surface area contributed by atoms with E-state index in [9.17, 15) is 4.79 Å². The van der Waals surface area contributed by atoms with Crippen molar-refractivity contribution >= 4 is 24.0 Å². The third-order valence-electron chi connectivity index (χ3n) is 5.03. The third kappa shape index (κ3) is 4.23. The minimum atomic E-state index is 0. The Balaban J connectivity index is 0.00000176. The van der Waals surface area contributed by atoms with Crippen LogP contribution in [0, 0.1) is 11.8 Å². The zero-order chi connectivity index (χ0) is 14.7. The number of halogens is 1. The Morgan fingerprint density at radius 2 is 2.14 bits per heavy atom. The molecule has 0 saturated carbocycles. The van der Waals surface area contributed by atoms with Gasteiger partial charge in [0.15, 0.2) is 0 Å². The molecule has 0 radical (unpaired) electrons. The molecule has 122 valence electrons. The fraction of sp³-hybridized carbons (Fsp3) is 0.611. The Kier molecular flexibility index (Phi) is 6.27. The molecule has 0 aromatic heterocycles. The summed E-state index contributed by atoms with van der Waals surface area (Å²) in [6.45, 7) is 4.40. The molecule has 1 amide bonds. The Bertz CT molecular complexity index is 512. The van der Waals surface area contributed by atoms with Gasteiger partial charge < -0.3 is 10.6 Å². The molecule has 2 N–H and O–H groups in total. The number of hydrogen-bond donors (Lipinski definition) is 2. The van der Waals surface area contributed by atoms with Crippen LogP contribution in [0.4, 0.5) is 5.69 Å². The van der Waals surface area contributed by atoms with Gasteiger partial charge in [0, 0.05) is 12.1 Å². The summed E-state index contributed by atoms with van der Waals surface area (Å²) in [6.07, 6.45) is 6.71. The molecular weight excluding hydrogens is 296 g/mol. The maximum atomic E-state index is 12.2. The van der Waals surface area contributed by atoms with Crippen LogP contribution in [0.5, 0.6) is 0 Å². The zero-order valence-corrected chi connectivity index (χ0v) is 14.2. The smallest absolute Gasteiger partial charge is 0.224 e. The molecule has 3 rings (SSSR count). The molecule has 1 aromatic rings. The van der Waals surface area contributed by atoms with E-state index in [2.05, 4.69) is 35.8 Å². The van der Waals surface area contributed by atoms with Crippen molar-refractivity contribution in [2.24, 2.45) is 11.8 Å². The number of fused-ring (bicyclic) bond motifs is 1. The van der Waals surface area contributed by atoms with E-state index in [0.717, 1.165) is 25.2 Å². The first-order valence-corrected chi connectivity index (χ1v) is 8.35. The van der Waals surface area contributed by atoms with Gasteiger partial charge >= 0.3 is 0 Å². The first-order valence-electron chi connectivity index (χ1n) is 8.35. The monoisotopic (exact) mass is 322 g/mol. The summed E-state index contributed by atoms with van der Waals surface area (Å²) in [6, 6.07) is 6.38. The Morgan fingerprint density at radius 1 is 1.32 bits per heavy atom. The van der Waals surface area contributed by atoms with Crippen LogP contribution in [0.25, 0.3) is 0 Å². The second kappa shape index (κ2) is 7.98. The number of carbonyl (C=O) groups excluding carboxylic acids is 1. The molecule has 2 atom stereocenters. The summed E-state index contributed by atoms with van der Waals surface area (Å²) >= 11 is 0. The van der Waals surface area contributed by atoms with Gasteiger partial charge in [0.25, 0.3) is 0 Å². The van der Waals surface area contributed by atoms with Gasteiger partial charge in [0.1, 0.15) is 0 Å². The number of nitrogens with one attached hydrogen (secondary N) is 2. The number of anilines is 1. The van der Waals surface area contributed by atoms with E-state index in [1.54, 1.807) is 0 Å². The van der Waals surface area contributed by atoms with Crippen LogP contribution in [-0.4, -0.2) is 19.0 Å². The average molecular weight is 323 g/mol. The maximum absolute atomic E-state index is 12.2. The molecular formula is C18H27ClN2O. The fourth-order valence-corrected chi connectivity index (χ4v) is 3.69. The second-order valence-corrected chi connectivity index (χ2v) is 6.67. The van der Waals surface area contributed by atoms with Gasteiger partial charge in [0.05, 0.1) is 0 Å². The van der Waals surface area contributed by atoms with Crippen molar-refractivity contribution in [3.8, 4) is 0 Å². The van der Waals surface area contributed by atoms with Gasteiger partial charge in [-0.2, -0.15) is 0 Å². The lowest BCUT2D eigenvalue weighted by molar-refractivity contribution is -0.117. The number of amides is 1. The van der Waals surface area contributed by atoms with E-state index in [4.69, 9.17) is 0 Å². The highest BCUT2D eigenvalue weighted by Crippen LogP contribution is 2.26. The highest BCUT2D eigenvalue weighted by molar-refractivity contribution is 5.91. The second-order valence-electron chi connectivity index (χ2n) is 6.67. The van der Waals surface area contributed by atoms with Crippen LogP contribution in [0.3, 0.4) is 0 Å². The van der Waals surface area contributed by atoms with E-state index in [1.807, 2.05) is 0 Å². The molecule has 1 aliphatic heterocycles. The van der Waals surface area contributed by atoms with Crippen molar-refractivity contribution in [2.75, 3.05) is 18.4 Å². The first-order chi connectivity index (χ1) is 10.2. The highest BCUT2D eigenvalue weighted by Gasteiger charge is 2.22. The summed E-state index contributed by atoms with van der Waals surface area (Å²) < 4.78 is 0. The van der Waals surface area contributed by atoms with Gasteiger partial charge in [-0.25, -0.2) is 0 Å². The van der Waals surface area contributed by atoms with Gasteiger partial charge in [-0.05, 0) is 80.3 Å². The summed E-state index contributed by atoms with van der Waals surface area (Å²) in [4.78, 5) is 12.2. The van der Waals surface area contributed by atoms with Crippen molar-refractivity contribution in [1.29, 1.82) is 0 Å². The van der Waals surface area contributed by atoms with E-state index in [0.29, 0.717) is 18.3 Å². The minimum Gasteiger partial charge on any atom is -0.326 e. The zero-order valence-electron chi connectivity index (χ0n) is 13.4. The molecule has 1 heterocycles. The van der Waals surface area contributed by atoms with Crippen LogP contribution in [0.15, 0.2) is 18.2 Å². The normalized spacial score (nSPS) is 21.6. The lowest BCUT2D eigenvalue weighted by atomic mass is 9.85. The molecule has 1 saturated heterocycles. The lowest BCUT2D eigenvalue weighted by Gasteiger charge is -2.28. The van der Waals surface area contributed by atoms with Crippen molar-refractivity contribution in [3.05, 3.63) is 29.3 Å². The Morgan fingerprint density at radius 3 is 2.91 bits per heavy atom. The van der Waals surface area contributed by atoms with Crippen molar-refractivity contribution in [3.63, 3.8) is 0 Å². The number of rotatable bonds is 4. The number of benzene rings is 1. The number of carbonyl (C=O) groups is 1. The molecule has 2 unspecified atom stereocenters. The molecule has 1 fully saturated rings. The van der Waals surface area contributed by atoms with E-state index < -0.39 is 0 Å². The number of piperidine rings is 1. The predicted octanol–water partition coefficient (Wildman–Crippen LogP) is 3.56. The first kappa shape index (κ1) is 17.3. The highest BCUT2D eigenvalue weighted by atomic mass is 35.5. The minimum absolute atomic E-state index is 0. The van der Waals surface area contributed by atoms with E-state index >= 15 is 0 Å². The largest absolute Gasteiger partial charge is 0.326 e. The van der Waals surface area contributed by atoms with Gasteiger partial charge in [-0.3, -0.25) is 4.79 Å². The van der Waals surface area contributed by atoms with Crippen LogP contribution >= 0.6 is 12.4 Å². The van der Waals surface area contributed by atoms with Crippen molar-refractivity contribution in [1.82, 2.24) is 5.32 Å².